The van der Waals surface area contributed by atoms with Crippen molar-refractivity contribution in [2.45, 2.75) is 32.7 Å². The Morgan fingerprint density at radius 3 is 2.42 bits per heavy atom. The molecule has 0 radical (unpaired) electrons. The molecule has 1 N–H and O–H groups in total. The molecule has 0 aromatic carbocycles. The van der Waals surface area contributed by atoms with Crippen LogP contribution in [0.1, 0.15) is 26.7 Å². The maximum atomic E-state index is 4.30. The third kappa shape index (κ3) is 10.2. The molecule has 0 aliphatic rings. The number of rotatable bonds is 8. The van der Waals surface area contributed by atoms with E-state index in [4.69, 9.17) is 0 Å². The summed E-state index contributed by atoms with van der Waals surface area (Å²) in [6.07, 6.45) is 4.13. The smallest absolute Gasteiger partial charge is 0.193 e. The van der Waals surface area contributed by atoms with Crippen LogP contribution >= 0.6 is 24.0 Å². The topological polar surface area (TPSA) is 30.9 Å². The van der Waals surface area contributed by atoms with Gasteiger partial charge in [0.1, 0.15) is 0 Å². The average molecular weight is 382 g/mol. The van der Waals surface area contributed by atoms with Crippen LogP contribution < -0.4 is 5.32 Å². The predicted octanol–water partition coefficient (Wildman–Crippen LogP) is 2.42. The fourth-order valence-electron chi connectivity index (χ4n) is 1.57. The number of hydrogen-bond acceptors (Lipinski definition) is 2. The second kappa shape index (κ2) is 12.7. The Morgan fingerprint density at radius 2 is 1.95 bits per heavy atom. The Labute approximate surface area is 136 Å². The van der Waals surface area contributed by atoms with Gasteiger partial charge in [0, 0.05) is 39.8 Å². The maximum Gasteiger partial charge on any atom is 0.193 e. The first-order valence-electron chi connectivity index (χ1n) is 6.75. The maximum absolute atomic E-state index is 4.30. The molecule has 0 saturated heterocycles. The summed E-state index contributed by atoms with van der Waals surface area (Å²) in [6.45, 7) is 11.1. The largest absolute Gasteiger partial charge is 0.355 e. The Hall–Kier alpha value is -0.300. The Bertz CT molecular complexity index is 254. The van der Waals surface area contributed by atoms with E-state index in [-0.39, 0.29) is 24.0 Å². The van der Waals surface area contributed by atoms with E-state index >= 15 is 0 Å². The Morgan fingerprint density at radius 1 is 1.32 bits per heavy atom. The normalized spacial score (nSPS) is 11.4. The van der Waals surface area contributed by atoms with Gasteiger partial charge in [0.2, 0.25) is 0 Å². The molecule has 0 atom stereocenters. The predicted molar refractivity (Wildman–Crippen MR) is 96.6 cm³/mol. The third-order valence-corrected chi connectivity index (χ3v) is 3.10. The third-order valence-electron chi connectivity index (χ3n) is 3.10. The van der Waals surface area contributed by atoms with Gasteiger partial charge in [0.15, 0.2) is 5.96 Å². The molecule has 0 unspecified atom stereocenters. The summed E-state index contributed by atoms with van der Waals surface area (Å²) in [7, 11) is 6.05. The minimum absolute atomic E-state index is 0. The van der Waals surface area contributed by atoms with Crippen molar-refractivity contribution >= 4 is 29.9 Å². The molecule has 0 aliphatic heterocycles. The van der Waals surface area contributed by atoms with E-state index in [9.17, 15) is 0 Å². The van der Waals surface area contributed by atoms with E-state index < -0.39 is 0 Å². The Kier molecular flexibility index (Phi) is 14.1. The van der Waals surface area contributed by atoms with Crippen LogP contribution in [-0.4, -0.2) is 62.6 Å². The molecule has 0 aromatic rings. The minimum atomic E-state index is 0. The number of guanidine groups is 1. The average Bonchev–Trinajstić information content (AvgIpc) is 2.34. The van der Waals surface area contributed by atoms with E-state index in [1.807, 2.05) is 13.1 Å². The SMILES string of the molecule is C=CCCCN(C)C(=NC)NCCN(C)C(C)C.I. The number of likely N-dealkylation sites (N-methyl/N-ethyl adjacent to an activating group) is 1. The van der Waals surface area contributed by atoms with E-state index in [2.05, 4.69) is 54.6 Å². The molecule has 0 spiro atoms. The zero-order chi connectivity index (χ0) is 14.0. The van der Waals surface area contributed by atoms with Crippen molar-refractivity contribution in [3.63, 3.8) is 0 Å². The lowest BCUT2D eigenvalue weighted by Gasteiger charge is -2.25. The van der Waals surface area contributed by atoms with Crippen LogP contribution in [0.3, 0.4) is 0 Å². The fraction of sp³-hybridized carbons (Fsp3) is 0.786. The highest BCUT2D eigenvalue weighted by atomic mass is 127. The molecule has 114 valence electrons. The molecular formula is C14H31IN4. The van der Waals surface area contributed by atoms with Gasteiger partial charge in [-0.2, -0.15) is 0 Å². The lowest BCUT2D eigenvalue weighted by molar-refractivity contribution is 0.277. The molecule has 0 fully saturated rings. The van der Waals surface area contributed by atoms with Crippen LogP contribution in [0, 0.1) is 0 Å². The van der Waals surface area contributed by atoms with Gasteiger partial charge in [-0.25, -0.2) is 0 Å². The molecule has 0 rings (SSSR count). The highest BCUT2D eigenvalue weighted by Gasteiger charge is 2.06. The van der Waals surface area contributed by atoms with Crippen LogP contribution in [0.25, 0.3) is 0 Å². The van der Waals surface area contributed by atoms with Crippen LogP contribution in [0.5, 0.6) is 0 Å². The van der Waals surface area contributed by atoms with Gasteiger partial charge in [0.25, 0.3) is 0 Å². The number of allylic oxidation sites excluding steroid dienone is 1. The van der Waals surface area contributed by atoms with Gasteiger partial charge in [-0.1, -0.05) is 6.08 Å². The number of aliphatic imine (C=N–C) groups is 1. The monoisotopic (exact) mass is 382 g/mol. The number of unbranched alkanes of at least 4 members (excludes halogenated alkanes) is 1. The lowest BCUT2D eigenvalue weighted by atomic mass is 10.3. The van der Waals surface area contributed by atoms with Crippen molar-refractivity contribution in [1.82, 2.24) is 15.1 Å². The van der Waals surface area contributed by atoms with Gasteiger partial charge in [-0.05, 0) is 33.7 Å². The molecule has 19 heavy (non-hydrogen) atoms. The Balaban J connectivity index is 0. The van der Waals surface area contributed by atoms with E-state index in [1.54, 1.807) is 0 Å². The first-order valence-corrected chi connectivity index (χ1v) is 6.75. The fourth-order valence-corrected chi connectivity index (χ4v) is 1.57. The number of hydrogen-bond donors (Lipinski definition) is 1. The van der Waals surface area contributed by atoms with Crippen molar-refractivity contribution < 1.29 is 0 Å². The van der Waals surface area contributed by atoms with Crippen molar-refractivity contribution in [2.75, 3.05) is 40.8 Å². The molecule has 4 nitrogen and oxygen atoms in total. The number of halogens is 1. The van der Waals surface area contributed by atoms with Crippen LogP contribution in [0.4, 0.5) is 0 Å². The summed E-state index contributed by atoms with van der Waals surface area (Å²) >= 11 is 0. The number of nitrogens with one attached hydrogen (secondary N) is 1. The van der Waals surface area contributed by atoms with Gasteiger partial charge < -0.3 is 15.1 Å². The summed E-state index contributed by atoms with van der Waals surface area (Å²) in [4.78, 5) is 8.78. The standard InChI is InChI=1S/C14H30N4.HI/c1-7-8-9-11-18(6)14(15-4)16-10-12-17(5)13(2)3;/h7,13H,1,8-12H2,2-6H3,(H,15,16);1H. The highest BCUT2D eigenvalue weighted by Crippen LogP contribution is 1.95. The molecule has 0 bridgehead atoms. The molecule has 0 amide bonds. The van der Waals surface area contributed by atoms with Crippen molar-refractivity contribution in [3.8, 4) is 0 Å². The molecule has 0 aromatic heterocycles. The summed E-state index contributed by atoms with van der Waals surface area (Å²) in [5.41, 5.74) is 0. The van der Waals surface area contributed by atoms with Crippen molar-refractivity contribution in [1.29, 1.82) is 0 Å². The second-order valence-electron chi connectivity index (χ2n) is 4.90. The molecule has 0 saturated carbocycles. The van der Waals surface area contributed by atoms with Gasteiger partial charge in [-0.15, -0.1) is 30.6 Å². The summed E-state index contributed by atoms with van der Waals surface area (Å²) in [5, 5.41) is 3.39. The quantitative estimate of drug-likeness (QED) is 0.230. The highest BCUT2D eigenvalue weighted by molar-refractivity contribution is 14.0. The summed E-state index contributed by atoms with van der Waals surface area (Å²) in [5.74, 6) is 0.969. The summed E-state index contributed by atoms with van der Waals surface area (Å²) < 4.78 is 0. The molecule has 0 heterocycles. The van der Waals surface area contributed by atoms with E-state index in [0.29, 0.717) is 6.04 Å². The van der Waals surface area contributed by atoms with Crippen LogP contribution in [-0.2, 0) is 0 Å². The molecule has 5 heteroatoms. The van der Waals surface area contributed by atoms with Crippen molar-refractivity contribution in [2.24, 2.45) is 4.99 Å². The molecular weight excluding hydrogens is 351 g/mol. The first kappa shape index (κ1) is 21.0. The number of nitrogens with zero attached hydrogens (tertiary/aromatic N) is 3. The van der Waals surface area contributed by atoms with Gasteiger partial charge in [-0.3, -0.25) is 4.99 Å². The van der Waals surface area contributed by atoms with Gasteiger partial charge >= 0.3 is 0 Å². The minimum Gasteiger partial charge on any atom is -0.355 e. The zero-order valence-corrected chi connectivity index (χ0v) is 15.5. The van der Waals surface area contributed by atoms with Crippen molar-refractivity contribution in [3.05, 3.63) is 12.7 Å². The van der Waals surface area contributed by atoms with E-state index in [0.717, 1.165) is 38.4 Å². The first-order chi connectivity index (χ1) is 8.52. The van der Waals surface area contributed by atoms with E-state index in [1.165, 1.54) is 0 Å². The van der Waals surface area contributed by atoms with Crippen LogP contribution in [0.15, 0.2) is 17.6 Å². The zero-order valence-electron chi connectivity index (χ0n) is 13.1. The molecule has 0 aliphatic carbocycles. The second-order valence-corrected chi connectivity index (χ2v) is 4.90. The summed E-state index contributed by atoms with van der Waals surface area (Å²) in [6, 6.07) is 0.583. The van der Waals surface area contributed by atoms with Gasteiger partial charge in [0.05, 0.1) is 0 Å². The van der Waals surface area contributed by atoms with Crippen LogP contribution in [0.2, 0.25) is 0 Å². The lowest BCUT2D eigenvalue weighted by Crippen LogP contribution is -2.43.